The van der Waals surface area contributed by atoms with E-state index in [4.69, 9.17) is 5.11 Å². The van der Waals surface area contributed by atoms with E-state index in [1.165, 1.54) is 6.07 Å². The molecule has 0 saturated carbocycles. The summed E-state index contributed by atoms with van der Waals surface area (Å²) in [6, 6.07) is 8.55. The second-order valence-corrected chi connectivity index (χ2v) is 3.94. The summed E-state index contributed by atoms with van der Waals surface area (Å²) in [5.41, 5.74) is 1.90. The lowest BCUT2D eigenvalue weighted by molar-refractivity contribution is 0.0699. The number of fused-ring (bicyclic) bond motifs is 1. The van der Waals surface area contributed by atoms with Crippen LogP contribution < -0.4 is 0 Å². The van der Waals surface area contributed by atoms with Crippen LogP contribution in [0.25, 0.3) is 11.0 Å². The molecule has 0 unspecified atom stereocenters. The number of rotatable bonds is 3. The first-order chi connectivity index (χ1) is 9.25. The van der Waals surface area contributed by atoms with Gasteiger partial charge in [0.1, 0.15) is 5.52 Å². The van der Waals surface area contributed by atoms with Gasteiger partial charge in [-0.3, -0.25) is 0 Å². The Morgan fingerprint density at radius 1 is 1.21 bits per heavy atom. The maximum absolute atomic E-state index is 11.1. The third-order valence-corrected chi connectivity index (χ3v) is 2.72. The summed E-state index contributed by atoms with van der Waals surface area (Å²) in [7, 11) is 0. The number of carbonyl (C=O) groups is 1. The Morgan fingerprint density at radius 3 is 2.84 bits per heavy atom. The lowest BCUT2D eigenvalue weighted by atomic mass is 10.2. The van der Waals surface area contributed by atoms with Crippen molar-refractivity contribution in [1.82, 2.24) is 25.2 Å². The Balaban J connectivity index is 2.07. The van der Waals surface area contributed by atoms with Crippen LogP contribution in [0.4, 0.5) is 0 Å². The minimum absolute atomic E-state index is 0.142. The molecule has 1 N–H and O–H groups in total. The molecule has 3 aromatic rings. The van der Waals surface area contributed by atoms with Crippen LogP contribution in [0, 0.1) is 0 Å². The Morgan fingerprint density at radius 2 is 2.11 bits per heavy atom. The molecule has 0 bridgehead atoms. The molecule has 0 aliphatic carbocycles. The summed E-state index contributed by atoms with van der Waals surface area (Å²) >= 11 is 0. The molecule has 0 spiro atoms. The van der Waals surface area contributed by atoms with E-state index in [-0.39, 0.29) is 5.56 Å². The Hall–Kier alpha value is -2.83. The summed E-state index contributed by atoms with van der Waals surface area (Å²) < 4.78 is 1.60. The SMILES string of the molecule is O=C(O)c1cccc2c1nnn2Cc1cccnn1. The van der Waals surface area contributed by atoms with Crippen LogP contribution in [0.3, 0.4) is 0 Å². The highest BCUT2D eigenvalue weighted by atomic mass is 16.4. The van der Waals surface area contributed by atoms with Gasteiger partial charge >= 0.3 is 5.97 Å². The first-order valence-electron chi connectivity index (χ1n) is 5.58. The van der Waals surface area contributed by atoms with Gasteiger partial charge in [-0.05, 0) is 24.3 Å². The highest BCUT2D eigenvalue weighted by Crippen LogP contribution is 2.16. The molecule has 0 fully saturated rings. The van der Waals surface area contributed by atoms with Crippen molar-refractivity contribution >= 4 is 17.0 Å². The van der Waals surface area contributed by atoms with Crippen molar-refractivity contribution in [3.63, 3.8) is 0 Å². The van der Waals surface area contributed by atoms with Crippen molar-refractivity contribution in [2.75, 3.05) is 0 Å². The van der Waals surface area contributed by atoms with Crippen LogP contribution >= 0.6 is 0 Å². The van der Waals surface area contributed by atoms with Crippen LogP contribution in [0.15, 0.2) is 36.5 Å². The smallest absolute Gasteiger partial charge is 0.338 e. The first kappa shape index (κ1) is 11.3. The molecule has 0 saturated heterocycles. The molecule has 19 heavy (non-hydrogen) atoms. The lowest BCUT2D eigenvalue weighted by Gasteiger charge is -2.01. The predicted octanol–water partition coefficient (Wildman–Crippen LogP) is 0.968. The van der Waals surface area contributed by atoms with E-state index in [2.05, 4.69) is 20.5 Å². The van der Waals surface area contributed by atoms with Gasteiger partial charge in [0, 0.05) is 6.20 Å². The van der Waals surface area contributed by atoms with Crippen molar-refractivity contribution in [2.45, 2.75) is 6.54 Å². The number of carboxylic acids is 1. The van der Waals surface area contributed by atoms with Gasteiger partial charge in [0.25, 0.3) is 0 Å². The maximum atomic E-state index is 11.1. The van der Waals surface area contributed by atoms with Gasteiger partial charge in [0.15, 0.2) is 0 Å². The molecular formula is C12H9N5O2. The van der Waals surface area contributed by atoms with Gasteiger partial charge in [-0.15, -0.1) is 5.10 Å². The topological polar surface area (TPSA) is 93.8 Å². The van der Waals surface area contributed by atoms with Crippen molar-refractivity contribution in [3.05, 3.63) is 47.8 Å². The fourth-order valence-corrected chi connectivity index (χ4v) is 1.85. The molecule has 94 valence electrons. The Bertz CT molecular complexity index is 738. The normalized spacial score (nSPS) is 10.7. The standard InChI is InChI=1S/C12H9N5O2/c18-12(19)9-4-1-5-10-11(9)15-16-17(10)7-8-3-2-6-13-14-8/h1-6H,7H2,(H,18,19). The second-order valence-electron chi connectivity index (χ2n) is 3.94. The molecule has 3 rings (SSSR count). The molecule has 1 aromatic carbocycles. The largest absolute Gasteiger partial charge is 0.478 e. The predicted molar refractivity (Wildman–Crippen MR) is 65.6 cm³/mol. The van der Waals surface area contributed by atoms with Crippen molar-refractivity contribution in [2.24, 2.45) is 0 Å². The molecule has 2 aromatic heterocycles. The number of hydrogen-bond acceptors (Lipinski definition) is 5. The van der Waals surface area contributed by atoms with Crippen LogP contribution in [-0.2, 0) is 6.54 Å². The highest BCUT2D eigenvalue weighted by Gasteiger charge is 2.13. The molecule has 0 radical (unpaired) electrons. The van der Waals surface area contributed by atoms with Crippen LogP contribution in [-0.4, -0.2) is 36.3 Å². The molecular weight excluding hydrogens is 246 g/mol. The average Bonchev–Trinajstić information content (AvgIpc) is 2.83. The third-order valence-electron chi connectivity index (χ3n) is 2.72. The maximum Gasteiger partial charge on any atom is 0.338 e. The zero-order valence-corrected chi connectivity index (χ0v) is 9.76. The average molecular weight is 255 g/mol. The van der Waals surface area contributed by atoms with E-state index in [9.17, 15) is 4.79 Å². The van der Waals surface area contributed by atoms with Crippen LogP contribution in [0.5, 0.6) is 0 Å². The zero-order valence-electron chi connectivity index (χ0n) is 9.76. The van der Waals surface area contributed by atoms with E-state index in [1.807, 2.05) is 6.07 Å². The number of aromatic carboxylic acids is 1. The van der Waals surface area contributed by atoms with Gasteiger partial charge in [0.2, 0.25) is 0 Å². The minimum atomic E-state index is -1.02. The summed E-state index contributed by atoms with van der Waals surface area (Å²) in [5.74, 6) is -1.02. The first-order valence-corrected chi connectivity index (χ1v) is 5.58. The van der Waals surface area contributed by atoms with Crippen LogP contribution in [0.2, 0.25) is 0 Å². The summed E-state index contributed by atoms with van der Waals surface area (Å²) in [5, 5.41) is 24.7. The molecule has 0 aliphatic rings. The molecule has 7 heteroatoms. The fraction of sp³-hybridized carbons (Fsp3) is 0.0833. The monoisotopic (exact) mass is 255 g/mol. The Labute approximate surface area is 107 Å². The third kappa shape index (κ3) is 2.01. The molecule has 0 atom stereocenters. The van der Waals surface area contributed by atoms with Gasteiger partial charge in [0.05, 0.1) is 23.3 Å². The second kappa shape index (κ2) is 4.45. The van der Waals surface area contributed by atoms with E-state index >= 15 is 0 Å². The number of hydrogen-bond donors (Lipinski definition) is 1. The summed E-state index contributed by atoms with van der Waals surface area (Å²) in [6.07, 6.45) is 1.59. The van der Waals surface area contributed by atoms with Crippen LogP contribution in [0.1, 0.15) is 16.1 Å². The van der Waals surface area contributed by atoms with Gasteiger partial charge in [-0.2, -0.15) is 10.2 Å². The van der Waals surface area contributed by atoms with Gasteiger partial charge in [-0.1, -0.05) is 11.3 Å². The summed E-state index contributed by atoms with van der Waals surface area (Å²) in [6.45, 7) is 0.396. The van der Waals surface area contributed by atoms with Crippen molar-refractivity contribution < 1.29 is 9.90 Å². The van der Waals surface area contributed by atoms with Crippen molar-refractivity contribution in [1.29, 1.82) is 0 Å². The number of nitrogens with zero attached hydrogens (tertiary/aromatic N) is 5. The Kier molecular flexibility index (Phi) is 2.64. The van der Waals surface area contributed by atoms with Crippen molar-refractivity contribution in [3.8, 4) is 0 Å². The number of benzene rings is 1. The zero-order chi connectivity index (χ0) is 13.2. The van der Waals surface area contributed by atoms with E-state index < -0.39 is 5.97 Å². The highest BCUT2D eigenvalue weighted by molar-refractivity contribution is 6.00. The van der Waals surface area contributed by atoms with Gasteiger partial charge < -0.3 is 5.11 Å². The van der Waals surface area contributed by atoms with E-state index in [0.717, 1.165) is 5.69 Å². The molecule has 0 aliphatic heterocycles. The van der Waals surface area contributed by atoms with E-state index in [1.54, 1.807) is 29.1 Å². The minimum Gasteiger partial charge on any atom is -0.478 e. The van der Waals surface area contributed by atoms with E-state index in [0.29, 0.717) is 17.6 Å². The lowest BCUT2D eigenvalue weighted by Crippen LogP contribution is -2.04. The summed E-state index contributed by atoms with van der Waals surface area (Å²) in [4.78, 5) is 11.1. The van der Waals surface area contributed by atoms with Gasteiger partial charge in [-0.25, -0.2) is 9.48 Å². The number of aromatic nitrogens is 5. The molecule has 2 heterocycles. The molecule has 0 amide bonds. The molecule has 7 nitrogen and oxygen atoms in total. The quantitative estimate of drug-likeness (QED) is 0.749. The number of carboxylic acid groups (broad SMARTS) is 1. The fourth-order valence-electron chi connectivity index (χ4n) is 1.85.